The Balaban J connectivity index is 2.07. The van der Waals surface area contributed by atoms with Crippen LogP contribution in [0.3, 0.4) is 0 Å². The normalized spacial score (nSPS) is 12.9. The van der Waals surface area contributed by atoms with Crippen LogP contribution in [0.5, 0.6) is 0 Å². The van der Waals surface area contributed by atoms with Gasteiger partial charge in [0.05, 0.1) is 11.6 Å². The van der Waals surface area contributed by atoms with Crippen LogP contribution >= 0.6 is 11.6 Å². The van der Waals surface area contributed by atoms with E-state index in [9.17, 15) is 4.79 Å². The lowest BCUT2D eigenvalue weighted by molar-refractivity contribution is 0.491. The molecule has 1 atom stereocenters. The van der Waals surface area contributed by atoms with E-state index < -0.39 is 6.04 Å². The number of nitrogens with zero attached hydrogens (tertiary/aromatic N) is 1. The Kier molecular flexibility index (Phi) is 3.16. The molecular weight excluding hydrogens is 280 g/mol. The summed E-state index contributed by atoms with van der Waals surface area (Å²) in [6.07, 6.45) is 0. The van der Waals surface area contributed by atoms with Crippen molar-refractivity contribution in [1.82, 2.24) is 4.57 Å². The average molecular weight is 293 g/mol. The number of nitrogens with two attached hydrogens (primary N) is 1. The number of furan rings is 1. The monoisotopic (exact) mass is 292 g/mol. The van der Waals surface area contributed by atoms with Crippen LogP contribution < -0.4 is 11.5 Å². The number of benzene rings is 1. The van der Waals surface area contributed by atoms with Crippen LogP contribution in [-0.2, 0) is 6.54 Å². The molecule has 2 aromatic heterocycles. The molecule has 0 aliphatic heterocycles. The summed E-state index contributed by atoms with van der Waals surface area (Å²) in [5, 5.41) is 0.292. The first-order valence-electron chi connectivity index (χ1n) is 6.24. The molecule has 2 heterocycles. The Morgan fingerprint density at radius 1 is 1.30 bits per heavy atom. The number of rotatable bonds is 3. The van der Waals surface area contributed by atoms with Gasteiger partial charge in [-0.1, -0.05) is 6.07 Å². The van der Waals surface area contributed by atoms with Gasteiger partial charge >= 0.3 is 5.76 Å². The number of aromatic nitrogens is 1. The van der Waals surface area contributed by atoms with E-state index in [1.165, 1.54) is 0 Å². The summed E-state index contributed by atoms with van der Waals surface area (Å²) in [5.41, 5.74) is 8.18. The predicted molar refractivity (Wildman–Crippen MR) is 75.9 cm³/mol. The van der Waals surface area contributed by atoms with Crippen LogP contribution in [0.15, 0.2) is 44.0 Å². The summed E-state index contributed by atoms with van der Waals surface area (Å²) in [6.45, 7) is 2.45. The van der Waals surface area contributed by atoms with Gasteiger partial charge in [-0.15, -0.1) is 0 Å². The summed E-state index contributed by atoms with van der Waals surface area (Å²) in [4.78, 5) is 11.7. The SMILES string of the molecule is CCn1c(=O)oc2cc(C(N)c3ccc(Cl)o3)ccc21. The van der Waals surface area contributed by atoms with Crippen molar-refractivity contribution in [3.63, 3.8) is 0 Å². The fraction of sp³-hybridized carbons (Fsp3) is 0.214. The number of fused-ring (bicyclic) bond motifs is 1. The Morgan fingerprint density at radius 2 is 2.10 bits per heavy atom. The third-order valence-corrected chi connectivity index (χ3v) is 3.47. The maximum absolute atomic E-state index is 11.7. The Morgan fingerprint density at radius 3 is 2.75 bits per heavy atom. The van der Waals surface area contributed by atoms with Crippen molar-refractivity contribution in [1.29, 1.82) is 0 Å². The van der Waals surface area contributed by atoms with Gasteiger partial charge in [0.25, 0.3) is 0 Å². The molecule has 0 amide bonds. The van der Waals surface area contributed by atoms with Crippen LogP contribution in [0.1, 0.15) is 24.3 Å². The van der Waals surface area contributed by atoms with Gasteiger partial charge in [0, 0.05) is 6.54 Å². The number of oxazole rings is 1. The van der Waals surface area contributed by atoms with Crippen molar-refractivity contribution in [2.75, 3.05) is 0 Å². The van der Waals surface area contributed by atoms with Gasteiger partial charge < -0.3 is 14.6 Å². The maximum atomic E-state index is 11.7. The smallest absolute Gasteiger partial charge is 0.419 e. The van der Waals surface area contributed by atoms with Crippen molar-refractivity contribution in [2.24, 2.45) is 5.73 Å². The molecule has 20 heavy (non-hydrogen) atoms. The fourth-order valence-corrected chi connectivity index (χ4v) is 2.39. The lowest BCUT2D eigenvalue weighted by Crippen LogP contribution is -2.12. The molecule has 0 fully saturated rings. The van der Waals surface area contributed by atoms with Gasteiger partial charge in [0.1, 0.15) is 5.76 Å². The van der Waals surface area contributed by atoms with Crippen LogP contribution in [0.25, 0.3) is 11.1 Å². The van der Waals surface area contributed by atoms with Crippen LogP contribution in [0, 0.1) is 0 Å². The van der Waals surface area contributed by atoms with E-state index in [4.69, 9.17) is 26.2 Å². The molecule has 3 aromatic rings. The Labute approximate surface area is 119 Å². The molecule has 3 rings (SSSR count). The van der Waals surface area contributed by atoms with Gasteiger partial charge in [-0.25, -0.2) is 4.79 Å². The minimum absolute atomic E-state index is 0.292. The zero-order chi connectivity index (χ0) is 14.3. The molecule has 0 aliphatic carbocycles. The standard InChI is InChI=1S/C14H13ClN2O3/c1-2-17-9-4-3-8(7-11(9)20-14(17)18)13(16)10-5-6-12(15)19-10/h3-7,13H,2,16H2,1H3. The van der Waals surface area contributed by atoms with Crippen molar-refractivity contribution in [2.45, 2.75) is 19.5 Å². The quantitative estimate of drug-likeness (QED) is 0.805. The summed E-state index contributed by atoms with van der Waals surface area (Å²) in [7, 11) is 0. The topological polar surface area (TPSA) is 74.3 Å². The lowest BCUT2D eigenvalue weighted by atomic mass is 10.1. The first kappa shape index (κ1) is 13.0. The summed E-state index contributed by atoms with van der Waals surface area (Å²) in [5.74, 6) is 0.195. The van der Waals surface area contributed by atoms with E-state index in [0.717, 1.165) is 11.1 Å². The highest BCUT2D eigenvalue weighted by atomic mass is 35.5. The zero-order valence-electron chi connectivity index (χ0n) is 10.8. The second-order valence-electron chi connectivity index (χ2n) is 4.46. The highest BCUT2D eigenvalue weighted by Crippen LogP contribution is 2.26. The molecular formula is C14H13ClN2O3. The van der Waals surface area contributed by atoms with E-state index in [1.54, 1.807) is 22.8 Å². The minimum atomic E-state index is -0.456. The van der Waals surface area contributed by atoms with Gasteiger partial charge in [-0.3, -0.25) is 4.57 Å². The highest BCUT2D eigenvalue weighted by Gasteiger charge is 2.16. The fourth-order valence-electron chi connectivity index (χ4n) is 2.24. The van der Waals surface area contributed by atoms with Gasteiger partial charge in [0.2, 0.25) is 0 Å². The Bertz CT molecular complexity index is 815. The van der Waals surface area contributed by atoms with Crippen LogP contribution in [0.4, 0.5) is 0 Å². The number of hydrogen-bond donors (Lipinski definition) is 1. The van der Waals surface area contributed by atoms with Crippen molar-refractivity contribution in [3.8, 4) is 0 Å². The number of hydrogen-bond acceptors (Lipinski definition) is 4. The summed E-state index contributed by atoms with van der Waals surface area (Å²) in [6, 6.07) is 8.34. The van der Waals surface area contributed by atoms with Crippen LogP contribution in [-0.4, -0.2) is 4.57 Å². The van der Waals surface area contributed by atoms with Gasteiger partial charge in [-0.2, -0.15) is 0 Å². The molecule has 0 saturated heterocycles. The zero-order valence-corrected chi connectivity index (χ0v) is 11.6. The third-order valence-electron chi connectivity index (χ3n) is 3.27. The minimum Gasteiger partial charge on any atom is -0.448 e. The number of aryl methyl sites for hydroxylation is 1. The van der Waals surface area contributed by atoms with E-state index >= 15 is 0 Å². The summed E-state index contributed by atoms with van der Waals surface area (Å²) < 4.78 is 12.1. The molecule has 2 N–H and O–H groups in total. The number of halogens is 1. The molecule has 0 saturated carbocycles. The largest absolute Gasteiger partial charge is 0.448 e. The third kappa shape index (κ3) is 2.05. The summed E-state index contributed by atoms with van der Waals surface area (Å²) >= 11 is 5.74. The maximum Gasteiger partial charge on any atom is 0.419 e. The van der Waals surface area contributed by atoms with Crippen molar-refractivity contribution >= 4 is 22.7 Å². The van der Waals surface area contributed by atoms with Crippen LogP contribution in [0.2, 0.25) is 5.22 Å². The lowest BCUT2D eigenvalue weighted by Gasteiger charge is -2.08. The Hall–Kier alpha value is -1.98. The van der Waals surface area contributed by atoms with E-state index in [0.29, 0.717) is 23.1 Å². The molecule has 0 radical (unpaired) electrons. The second-order valence-corrected chi connectivity index (χ2v) is 4.83. The molecule has 0 bridgehead atoms. The molecule has 6 heteroatoms. The molecule has 1 aromatic carbocycles. The predicted octanol–water partition coefficient (Wildman–Crippen LogP) is 2.91. The van der Waals surface area contributed by atoms with Gasteiger partial charge in [0.15, 0.2) is 10.8 Å². The first-order chi connectivity index (χ1) is 9.60. The first-order valence-corrected chi connectivity index (χ1v) is 6.62. The van der Waals surface area contributed by atoms with E-state index in [1.807, 2.05) is 19.1 Å². The van der Waals surface area contributed by atoms with Crippen molar-refractivity contribution in [3.05, 3.63) is 57.4 Å². The van der Waals surface area contributed by atoms with E-state index in [2.05, 4.69) is 0 Å². The molecule has 0 spiro atoms. The molecule has 5 nitrogen and oxygen atoms in total. The van der Waals surface area contributed by atoms with E-state index in [-0.39, 0.29) is 5.76 Å². The average Bonchev–Trinajstić information content (AvgIpc) is 2.99. The molecule has 1 unspecified atom stereocenters. The molecule has 104 valence electrons. The van der Waals surface area contributed by atoms with Gasteiger partial charge in [-0.05, 0) is 48.4 Å². The highest BCUT2D eigenvalue weighted by molar-refractivity contribution is 6.28. The van der Waals surface area contributed by atoms with Crippen molar-refractivity contribution < 1.29 is 8.83 Å². The molecule has 0 aliphatic rings. The second kappa shape index (κ2) is 4.85.